The molecular formula is C12H12Cl2N2O2. The van der Waals surface area contributed by atoms with E-state index in [-0.39, 0.29) is 0 Å². The fourth-order valence-corrected chi connectivity index (χ4v) is 1.73. The van der Waals surface area contributed by atoms with Gasteiger partial charge in [-0.3, -0.25) is 5.10 Å². The molecule has 0 aliphatic rings. The van der Waals surface area contributed by atoms with Crippen LogP contribution < -0.4 is 9.47 Å². The number of ether oxygens (including phenoxy) is 2. The second-order valence-corrected chi connectivity index (χ2v) is 4.44. The van der Waals surface area contributed by atoms with Crippen LogP contribution in [-0.4, -0.2) is 16.8 Å². The lowest BCUT2D eigenvalue weighted by Crippen LogP contribution is -1.94. The van der Waals surface area contributed by atoms with E-state index < -0.39 is 0 Å². The van der Waals surface area contributed by atoms with Gasteiger partial charge in [-0.2, -0.15) is 0 Å². The minimum atomic E-state index is 0.408. The number of H-pyrrole nitrogens is 1. The molecule has 0 aliphatic carbocycles. The van der Waals surface area contributed by atoms with Crippen LogP contribution in [0.3, 0.4) is 0 Å². The first kappa shape index (κ1) is 13.1. The van der Waals surface area contributed by atoms with E-state index in [2.05, 4.69) is 10.2 Å². The summed E-state index contributed by atoms with van der Waals surface area (Å²) in [6.45, 7) is 4.22. The number of rotatable bonds is 4. The van der Waals surface area contributed by atoms with E-state index in [1.165, 1.54) is 0 Å². The molecule has 2 aromatic rings. The Bertz CT molecular complexity index is 555. The number of aryl methyl sites for hydroxylation is 1. The number of hydrogen-bond acceptors (Lipinski definition) is 3. The Balaban J connectivity index is 2.33. The van der Waals surface area contributed by atoms with Crippen molar-refractivity contribution in [2.45, 2.75) is 13.8 Å². The molecule has 0 aliphatic heterocycles. The van der Waals surface area contributed by atoms with Crippen molar-refractivity contribution in [2.24, 2.45) is 0 Å². The normalized spacial score (nSPS) is 10.4. The summed E-state index contributed by atoms with van der Waals surface area (Å²) in [5.41, 5.74) is 0.759. The van der Waals surface area contributed by atoms with E-state index in [1.54, 1.807) is 18.2 Å². The Labute approximate surface area is 115 Å². The Morgan fingerprint density at radius 1 is 1.33 bits per heavy atom. The van der Waals surface area contributed by atoms with Crippen molar-refractivity contribution < 1.29 is 9.47 Å². The zero-order valence-corrected chi connectivity index (χ0v) is 11.5. The van der Waals surface area contributed by atoms with E-state index >= 15 is 0 Å². The van der Waals surface area contributed by atoms with Gasteiger partial charge in [-0.05, 0) is 26.0 Å². The minimum Gasteiger partial charge on any atom is -0.474 e. The second kappa shape index (κ2) is 5.50. The van der Waals surface area contributed by atoms with E-state index in [1.807, 2.05) is 13.8 Å². The fraction of sp³-hybridized carbons (Fsp3) is 0.250. The van der Waals surface area contributed by atoms with Gasteiger partial charge in [0.25, 0.3) is 5.88 Å². The first-order chi connectivity index (χ1) is 8.61. The van der Waals surface area contributed by atoms with E-state index in [9.17, 15) is 0 Å². The van der Waals surface area contributed by atoms with Gasteiger partial charge in [-0.15, -0.1) is 5.10 Å². The molecule has 0 bridgehead atoms. The zero-order chi connectivity index (χ0) is 13.1. The van der Waals surface area contributed by atoms with E-state index in [0.717, 1.165) is 5.69 Å². The molecular weight excluding hydrogens is 275 g/mol. The third kappa shape index (κ3) is 2.71. The molecule has 1 aromatic heterocycles. The van der Waals surface area contributed by atoms with Gasteiger partial charge in [0.05, 0.1) is 17.3 Å². The quantitative estimate of drug-likeness (QED) is 0.916. The van der Waals surface area contributed by atoms with Crippen LogP contribution in [0.5, 0.6) is 17.4 Å². The summed E-state index contributed by atoms with van der Waals surface area (Å²) in [6, 6.07) is 5.02. The molecule has 0 saturated heterocycles. The lowest BCUT2D eigenvalue weighted by Gasteiger charge is -2.08. The minimum absolute atomic E-state index is 0.408. The SMILES string of the molecule is CCOc1n[nH]c(C)c1Oc1cc(Cl)ccc1Cl. The van der Waals surface area contributed by atoms with Crippen molar-refractivity contribution in [3.05, 3.63) is 33.9 Å². The van der Waals surface area contributed by atoms with E-state index in [0.29, 0.717) is 34.0 Å². The van der Waals surface area contributed by atoms with Crippen molar-refractivity contribution in [3.8, 4) is 17.4 Å². The molecule has 1 N–H and O–H groups in total. The molecule has 6 heteroatoms. The summed E-state index contributed by atoms with van der Waals surface area (Å²) in [5, 5.41) is 7.83. The first-order valence-electron chi connectivity index (χ1n) is 5.42. The molecule has 2 rings (SSSR count). The zero-order valence-electron chi connectivity index (χ0n) is 9.96. The van der Waals surface area contributed by atoms with Crippen molar-refractivity contribution in [3.63, 3.8) is 0 Å². The van der Waals surface area contributed by atoms with Crippen LogP contribution in [0, 0.1) is 6.92 Å². The molecule has 0 amide bonds. The molecule has 96 valence electrons. The average molecular weight is 287 g/mol. The highest BCUT2D eigenvalue weighted by Gasteiger charge is 2.15. The van der Waals surface area contributed by atoms with Crippen LogP contribution in [0.2, 0.25) is 10.0 Å². The third-order valence-corrected chi connectivity index (χ3v) is 2.79. The van der Waals surface area contributed by atoms with Gasteiger partial charge in [-0.25, -0.2) is 0 Å². The molecule has 0 spiro atoms. The van der Waals surface area contributed by atoms with Crippen molar-refractivity contribution >= 4 is 23.2 Å². The van der Waals surface area contributed by atoms with Gasteiger partial charge in [0.15, 0.2) is 0 Å². The van der Waals surface area contributed by atoms with Crippen LogP contribution in [-0.2, 0) is 0 Å². The predicted molar refractivity (Wildman–Crippen MR) is 71.0 cm³/mol. The van der Waals surface area contributed by atoms with E-state index in [4.69, 9.17) is 32.7 Å². The van der Waals surface area contributed by atoms with Crippen molar-refractivity contribution in [1.29, 1.82) is 0 Å². The van der Waals surface area contributed by atoms with Crippen LogP contribution in [0.4, 0.5) is 0 Å². The van der Waals surface area contributed by atoms with Gasteiger partial charge < -0.3 is 9.47 Å². The molecule has 18 heavy (non-hydrogen) atoms. The summed E-state index contributed by atoms with van der Waals surface area (Å²) >= 11 is 11.9. The molecule has 0 saturated carbocycles. The fourth-order valence-electron chi connectivity index (χ4n) is 1.42. The molecule has 0 fully saturated rings. The number of nitrogens with one attached hydrogen (secondary N) is 1. The molecule has 4 nitrogen and oxygen atoms in total. The Morgan fingerprint density at radius 3 is 2.83 bits per heavy atom. The van der Waals surface area contributed by atoms with Gasteiger partial charge in [0.1, 0.15) is 5.75 Å². The maximum atomic E-state index is 6.04. The van der Waals surface area contributed by atoms with Crippen LogP contribution in [0.15, 0.2) is 18.2 Å². The highest BCUT2D eigenvalue weighted by molar-refractivity contribution is 6.34. The van der Waals surface area contributed by atoms with Gasteiger partial charge in [0, 0.05) is 11.1 Å². The molecule has 1 aromatic carbocycles. The number of hydrogen-bond donors (Lipinski definition) is 1. The summed E-state index contributed by atoms with van der Waals surface area (Å²) in [6.07, 6.45) is 0. The monoisotopic (exact) mass is 286 g/mol. The maximum Gasteiger partial charge on any atom is 0.276 e. The van der Waals surface area contributed by atoms with Crippen molar-refractivity contribution in [1.82, 2.24) is 10.2 Å². The van der Waals surface area contributed by atoms with Crippen LogP contribution in [0.1, 0.15) is 12.6 Å². The van der Waals surface area contributed by atoms with Crippen LogP contribution >= 0.6 is 23.2 Å². The summed E-state index contributed by atoms with van der Waals surface area (Å²) in [4.78, 5) is 0. The lowest BCUT2D eigenvalue weighted by atomic mass is 10.3. The molecule has 1 heterocycles. The Hall–Kier alpha value is -1.39. The lowest BCUT2D eigenvalue weighted by molar-refractivity contribution is 0.310. The molecule has 0 atom stereocenters. The Morgan fingerprint density at radius 2 is 2.11 bits per heavy atom. The van der Waals surface area contributed by atoms with Gasteiger partial charge in [-0.1, -0.05) is 23.2 Å². The maximum absolute atomic E-state index is 6.04. The topological polar surface area (TPSA) is 47.1 Å². The smallest absolute Gasteiger partial charge is 0.276 e. The van der Waals surface area contributed by atoms with Crippen molar-refractivity contribution in [2.75, 3.05) is 6.61 Å². The summed E-state index contributed by atoms with van der Waals surface area (Å²) in [5.74, 6) is 1.39. The predicted octanol–water partition coefficient (Wildman–Crippen LogP) is 4.22. The van der Waals surface area contributed by atoms with Gasteiger partial charge in [0.2, 0.25) is 5.75 Å². The average Bonchev–Trinajstić information content (AvgIpc) is 2.67. The first-order valence-corrected chi connectivity index (χ1v) is 6.18. The van der Waals surface area contributed by atoms with Crippen LogP contribution in [0.25, 0.3) is 0 Å². The number of nitrogens with zero attached hydrogens (tertiary/aromatic N) is 1. The third-order valence-electron chi connectivity index (χ3n) is 2.25. The Kier molecular flexibility index (Phi) is 3.99. The number of halogens is 2. The highest BCUT2D eigenvalue weighted by Crippen LogP contribution is 2.37. The number of aromatic amines is 1. The summed E-state index contributed by atoms with van der Waals surface area (Å²) in [7, 11) is 0. The number of aromatic nitrogens is 2. The number of benzene rings is 1. The molecule has 0 radical (unpaired) electrons. The molecule has 0 unspecified atom stereocenters. The largest absolute Gasteiger partial charge is 0.474 e. The highest BCUT2D eigenvalue weighted by atomic mass is 35.5. The standard InChI is InChI=1S/C12H12Cl2N2O2/c1-3-17-12-11(7(2)15-16-12)18-10-6-8(13)4-5-9(10)14/h4-6H,3H2,1-2H3,(H,15,16). The second-order valence-electron chi connectivity index (χ2n) is 3.59. The van der Waals surface area contributed by atoms with Gasteiger partial charge >= 0.3 is 0 Å². The summed E-state index contributed by atoms with van der Waals surface area (Å²) < 4.78 is 11.1.